The third-order valence-electron chi connectivity index (χ3n) is 4.61. The lowest BCUT2D eigenvalue weighted by atomic mass is 9.89. The topological polar surface area (TPSA) is 83.4 Å². The van der Waals surface area contributed by atoms with Gasteiger partial charge in [-0.1, -0.05) is 25.4 Å². The van der Waals surface area contributed by atoms with E-state index in [4.69, 9.17) is 11.6 Å². The average Bonchev–Trinajstić information content (AvgIpc) is 2.94. The first-order valence-electron chi connectivity index (χ1n) is 8.35. The molecule has 3 rings (SSSR count). The largest absolute Gasteiger partial charge is 0.322 e. The maximum absolute atomic E-state index is 13.3. The van der Waals surface area contributed by atoms with E-state index in [1.807, 2.05) is 13.8 Å². The molecule has 140 valence electrons. The number of aromatic nitrogens is 1. The highest BCUT2D eigenvalue weighted by molar-refractivity contribution is 6.31. The zero-order valence-electron chi connectivity index (χ0n) is 15.0. The monoisotopic (exact) mass is 388 g/mol. The number of hydrogen-bond donors (Lipinski definition) is 2. The fourth-order valence-electron chi connectivity index (χ4n) is 2.60. The van der Waals surface area contributed by atoms with Crippen LogP contribution in [0.25, 0.3) is 0 Å². The van der Waals surface area contributed by atoms with Crippen molar-refractivity contribution < 1.29 is 14.0 Å². The van der Waals surface area contributed by atoms with Gasteiger partial charge in [-0.2, -0.15) is 0 Å². The quantitative estimate of drug-likeness (QED) is 0.841. The molecule has 1 atom stereocenters. The second-order valence-corrected chi connectivity index (χ2v) is 7.11. The molecule has 27 heavy (non-hydrogen) atoms. The molecule has 0 aliphatic carbocycles. The Morgan fingerprint density at radius 1 is 1.33 bits per heavy atom. The number of amides is 2. The number of anilines is 1. The van der Waals surface area contributed by atoms with E-state index in [-0.39, 0.29) is 33.9 Å². The van der Waals surface area contributed by atoms with E-state index in [1.54, 1.807) is 19.1 Å². The first kappa shape index (κ1) is 19.0. The van der Waals surface area contributed by atoms with Gasteiger partial charge in [0.05, 0.1) is 10.6 Å². The van der Waals surface area contributed by atoms with Gasteiger partial charge in [0.25, 0.3) is 11.8 Å². The summed E-state index contributed by atoms with van der Waals surface area (Å²) in [5.41, 5.74) is -0.0954. The lowest BCUT2D eigenvalue weighted by Gasteiger charge is -2.21. The molecule has 2 aromatic rings. The van der Waals surface area contributed by atoms with E-state index in [0.717, 1.165) is 6.07 Å². The van der Waals surface area contributed by atoms with E-state index in [2.05, 4.69) is 20.6 Å². The molecule has 0 saturated carbocycles. The van der Waals surface area contributed by atoms with Crippen LogP contribution < -0.4 is 10.6 Å². The number of rotatable bonds is 4. The maximum atomic E-state index is 13.3. The van der Waals surface area contributed by atoms with E-state index in [1.165, 1.54) is 18.3 Å². The van der Waals surface area contributed by atoms with Crippen LogP contribution in [-0.4, -0.2) is 28.2 Å². The number of pyridine rings is 1. The smallest absolute Gasteiger partial charge is 0.257 e. The summed E-state index contributed by atoms with van der Waals surface area (Å²) in [6, 6.07) is 7.06. The molecule has 1 aliphatic heterocycles. The average molecular weight is 389 g/mol. The molecule has 1 unspecified atom stereocenters. The summed E-state index contributed by atoms with van der Waals surface area (Å²) in [6.45, 7) is 5.54. The second kappa shape index (κ2) is 7.08. The minimum absolute atomic E-state index is 0.0302. The van der Waals surface area contributed by atoms with Crippen LogP contribution in [0.5, 0.6) is 0 Å². The van der Waals surface area contributed by atoms with Crippen LogP contribution in [0.1, 0.15) is 36.8 Å². The number of nitrogens with zero attached hydrogens (tertiary/aromatic N) is 2. The second-order valence-electron chi connectivity index (χ2n) is 6.70. The van der Waals surface area contributed by atoms with Crippen LogP contribution in [0.15, 0.2) is 41.5 Å². The molecule has 1 aromatic carbocycles. The van der Waals surface area contributed by atoms with Crippen LogP contribution in [0.3, 0.4) is 0 Å². The summed E-state index contributed by atoms with van der Waals surface area (Å²) in [5, 5.41) is 5.26. The molecular formula is C19H18ClFN4O2. The number of hydrogen-bond acceptors (Lipinski definition) is 4. The van der Waals surface area contributed by atoms with Gasteiger partial charge in [-0.15, -0.1) is 0 Å². The maximum Gasteiger partial charge on any atom is 0.257 e. The first-order chi connectivity index (χ1) is 12.7. The molecule has 8 heteroatoms. The summed E-state index contributed by atoms with van der Waals surface area (Å²) >= 11 is 5.75. The van der Waals surface area contributed by atoms with Crippen molar-refractivity contribution in [3.05, 3.63) is 58.6 Å². The van der Waals surface area contributed by atoms with Gasteiger partial charge >= 0.3 is 0 Å². The third kappa shape index (κ3) is 3.55. The number of nitrogens with one attached hydrogen (secondary N) is 2. The molecule has 0 saturated heterocycles. The molecule has 6 nitrogen and oxygen atoms in total. The van der Waals surface area contributed by atoms with Crippen molar-refractivity contribution in [2.75, 3.05) is 5.32 Å². The van der Waals surface area contributed by atoms with Crippen molar-refractivity contribution in [3.8, 4) is 0 Å². The molecule has 0 spiro atoms. The Hall–Kier alpha value is -2.80. The zero-order valence-corrected chi connectivity index (χ0v) is 15.8. The van der Waals surface area contributed by atoms with Crippen molar-refractivity contribution in [1.29, 1.82) is 0 Å². The van der Waals surface area contributed by atoms with Crippen molar-refractivity contribution in [2.24, 2.45) is 10.9 Å². The van der Waals surface area contributed by atoms with E-state index >= 15 is 0 Å². The lowest BCUT2D eigenvalue weighted by molar-refractivity contribution is -0.124. The number of carbonyl (C=O) groups is 2. The summed E-state index contributed by atoms with van der Waals surface area (Å²) < 4.78 is 13.3. The fourth-order valence-corrected chi connectivity index (χ4v) is 2.78. The first-order valence-corrected chi connectivity index (χ1v) is 8.73. The molecule has 1 aliphatic rings. The van der Waals surface area contributed by atoms with Crippen molar-refractivity contribution in [2.45, 2.75) is 26.3 Å². The van der Waals surface area contributed by atoms with Gasteiger partial charge in [-0.25, -0.2) is 9.38 Å². The van der Waals surface area contributed by atoms with Crippen molar-refractivity contribution in [1.82, 2.24) is 10.3 Å². The number of amidine groups is 1. The predicted octanol–water partition coefficient (Wildman–Crippen LogP) is 3.42. The van der Waals surface area contributed by atoms with Crippen LogP contribution in [0, 0.1) is 11.7 Å². The Morgan fingerprint density at radius 3 is 2.70 bits per heavy atom. The van der Waals surface area contributed by atoms with E-state index < -0.39 is 17.3 Å². The lowest BCUT2D eigenvalue weighted by Crippen LogP contribution is -2.41. The minimum Gasteiger partial charge on any atom is -0.322 e. The predicted molar refractivity (Wildman–Crippen MR) is 102 cm³/mol. The summed E-state index contributed by atoms with van der Waals surface area (Å²) in [7, 11) is 0. The summed E-state index contributed by atoms with van der Waals surface area (Å²) in [5.74, 6) is -1.07. The number of halogens is 2. The number of benzene rings is 1. The molecule has 2 amide bonds. The summed E-state index contributed by atoms with van der Waals surface area (Å²) in [4.78, 5) is 33.8. The molecule has 0 radical (unpaired) electrons. The van der Waals surface area contributed by atoms with E-state index in [0.29, 0.717) is 5.69 Å². The van der Waals surface area contributed by atoms with Gasteiger partial charge in [0.2, 0.25) is 0 Å². The van der Waals surface area contributed by atoms with Crippen LogP contribution in [-0.2, 0) is 4.79 Å². The Bertz CT molecular complexity index is 960. The van der Waals surface area contributed by atoms with Gasteiger partial charge in [0.15, 0.2) is 5.84 Å². The van der Waals surface area contributed by atoms with Gasteiger partial charge in [0, 0.05) is 11.9 Å². The standard InChI is InChI=1S/C19H18ClFN4O2/c1-10(2)19(3)18(27)24-16(25-19)15-12(5-4-8-22-15)17(26)23-11-6-7-14(21)13(20)9-11/h4-10H,1-3H3,(H,23,26)(H,24,25,27). The molecule has 2 heterocycles. The Labute approximate surface area is 160 Å². The molecule has 0 fully saturated rings. The minimum atomic E-state index is -0.926. The van der Waals surface area contributed by atoms with Crippen molar-refractivity contribution in [3.63, 3.8) is 0 Å². The van der Waals surface area contributed by atoms with Crippen LogP contribution in [0.4, 0.5) is 10.1 Å². The highest BCUT2D eigenvalue weighted by Crippen LogP contribution is 2.27. The Kier molecular flexibility index (Phi) is 4.97. The van der Waals surface area contributed by atoms with Gasteiger partial charge in [-0.05, 0) is 43.2 Å². The molecule has 2 N–H and O–H groups in total. The Morgan fingerprint density at radius 2 is 2.07 bits per heavy atom. The van der Waals surface area contributed by atoms with Gasteiger partial charge < -0.3 is 10.6 Å². The fraction of sp³-hybridized carbons (Fsp3) is 0.263. The van der Waals surface area contributed by atoms with Gasteiger partial charge in [0.1, 0.15) is 17.1 Å². The highest BCUT2D eigenvalue weighted by Gasteiger charge is 2.42. The van der Waals surface area contributed by atoms with Crippen molar-refractivity contribution >= 4 is 34.9 Å². The molecule has 0 bridgehead atoms. The van der Waals surface area contributed by atoms with Crippen LogP contribution >= 0.6 is 11.6 Å². The van der Waals surface area contributed by atoms with E-state index in [9.17, 15) is 14.0 Å². The SMILES string of the molecule is CC(C)C1(C)N=C(c2ncccc2C(=O)Nc2ccc(F)c(Cl)c2)NC1=O. The highest BCUT2D eigenvalue weighted by atomic mass is 35.5. The third-order valence-corrected chi connectivity index (χ3v) is 4.90. The number of carbonyl (C=O) groups excluding carboxylic acids is 2. The molecule has 1 aromatic heterocycles. The van der Waals surface area contributed by atoms with Gasteiger partial charge in [-0.3, -0.25) is 14.6 Å². The number of aliphatic imine (C=N–C) groups is 1. The van der Waals surface area contributed by atoms with Crippen LogP contribution in [0.2, 0.25) is 5.02 Å². The Balaban J connectivity index is 1.94. The molecular weight excluding hydrogens is 371 g/mol. The summed E-state index contributed by atoms with van der Waals surface area (Å²) in [6.07, 6.45) is 1.51. The normalized spacial score (nSPS) is 19.0. The zero-order chi connectivity index (χ0) is 19.8.